The molecule has 1 N–H and O–H groups in total. The molecule has 3 aromatic rings. The van der Waals surface area contributed by atoms with Crippen LogP contribution >= 0.6 is 23.2 Å². The Morgan fingerprint density at radius 1 is 0.826 bits per heavy atom. The van der Waals surface area contributed by atoms with Crippen molar-refractivity contribution in [2.75, 3.05) is 0 Å². The number of fused-ring (bicyclic) bond motifs is 3. The first-order chi connectivity index (χ1) is 11.1. The zero-order chi connectivity index (χ0) is 16.0. The average Bonchev–Trinajstić information content (AvgIpc) is 2.92. The molecule has 1 unspecified atom stereocenters. The van der Waals surface area contributed by atoms with Crippen LogP contribution in [0, 0.1) is 0 Å². The Morgan fingerprint density at radius 2 is 1.61 bits per heavy atom. The SMILES string of the molecule is OC(c1ccc2c(c1)Cc1ccccc1-2)c1ccc(Cl)cc1Cl. The lowest BCUT2D eigenvalue weighted by Gasteiger charge is -2.15. The van der Waals surface area contributed by atoms with Crippen LogP contribution in [0.5, 0.6) is 0 Å². The van der Waals surface area contributed by atoms with Gasteiger partial charge in [-0.05, 0) is 46.4 Å². The third-order valence-corrected chi connectivity index (χ3v) is 4.95. The summed E-state index contributed by atoms with van der Waals surface area (Å²) in [6, 6.07) is 19.7. The number of aliphatic hydroxyl groups is 1. The average molecular weight is 341 g/mol. The number of rotatable bonds is 2. The predicted octanol–water partition coefficient (Wildman–Crippen LogP) is 5.65. The van der Waals surface area contributed by atoms with Crippen LogP contribution in [0.15, 0.2) is 60.7 Å². The molecule has 1 aliphatic carbocycles. The first-order valence-electron chi connectivity index (χ1n) is 7.47. The molecule has 0 aromatic heterocycles. The van der Waals surface area contributed by atoms with Gasteiger partial charge in [0, 0.05) is 15.6 Å². The van der Waals surface area contributed by atoms with E-state index in [-0.39, 0.29) is 0 Å². The van der Waals surface area contributed by atoms with Crippen molar-refractivity contribution in [3.05, 3.63) is 93.0 Å². The lowest BCUT2D eigenvalue weighted by atomic mass is 9.97. The maximum atomic E-state index is 10.7. The molecule has 0 bridgehead atoms. The van der Waals surface area contributed by atoms with E-state index in [9.17, 15) is 5.11 Å². The van der Waals surface area contributed by atoms with Crippen molar-refractivity contribution in [2.45, 2.75) is 12.5 Å². The minimum atomic E-state index is -0.756. The van der Waals surface area contributed by atoms with Gasteiger partial charge in [-0.1, -0.05) is 71.7 Å². The molecule has 114 valence electrons. The molecule has 0 spiro atoms. The maximum absolute atomic E-state index is 10.7. The van der Waals surface area contributed by atoms with Gasteiger partial charge in [0.1, 0.15) is 6.10 Å². The minimum Gasteiger partial charge on any atom is -0.384 e. The molecule has 0 aliphatic heterocycles. The molecule has 0 heterocycles. The van der Waals surface area contributed by atoms with Crippen molar-refractivity contribution >= 4 is 23.2 Å². The Kier molecular flexibility index (Phi) is 3.65. The van der Waals surface area contributed by atoms with E-state index < -0.39 is 6.10 Å². The summed E-state index contributed by atoms with van der Waals surface area (Å²) in [6.45, 7) is 0. The highest BCUT2D eigenvalue weighted by Gasteiger charge is 2.21. The first-order valence-corrected chi connectivity index (χ1v) is 8.23. The Morgan fingerprint density at radius 3 is 2.43 bits per heavy atom. The fourth-order valence-electron chi connectivity index (χ4n) is 3.24. The van der Waals surface area contributed by atoms with Gasteiger partial charge < -0.3 is 5.11 Å². The van der Waals surface area contributed by atoms with E-state index in [2.05, 4.69) is 36.4 Å². The second kappa shape index (κ2) is 5.68. The monoisotopic (exact) mass is 340 g/mol. The summed E-state index contributed by atoms with van der Waals surface area (Å²) >= 11 is 12.1. The number of hydrogen-bond acceptors (Lipinski definition) is 1. The molecule has 3 heteroatoms. The second-order valence-corrected chi connectivity index (χ2v) is 6.66. The topological polar surface area (TPSA) is 20.2 Å². The number of halogens is 2. The molecule has 0 saturated heterocycles. The van der Waals surface area contributed by atoms with E-state index in [1.807, 2.05) is 6.07 Å². The lowest BCUT2D eigenvalue weighted by molar-refractivity contribution is 0.220. The zero-order valence-corrected chi connectivity index (χ0v) is 13.8. The van der Waals surface area contributed by atoms with E-state index >= 15 is 0 Å². The third-order valence-electron chi connectivity index (χ3n) is 4.39. The summed E-state index contributed by atoms with van der Waals surface area (Å²) < 4.78 is 0. The fourth-order valence-corrected chi connectivity index (χ4v) is 3.75. The molecule has 23 heavy (non-hydrogen) atoms. The largest absolute Gasteiger partial charge is 0.384 e. The lowest BCUT2D eigenvalue weighted by Crippen LogP contribution is -2.01. The van der Waals surface area contributed by atoms with Crippen molar-refractivity contribution in [3.63, 3.8) is 0 Å². The summed E-state index contributed by atoms with van der Waals surface area (Å²) in [5, 5.41) is 11.7. The van der Waals surface area contributed by atoms with Crippen LogP contribution in [0.2, 0.25) is 10.0 Å². The quantitative estimate of drug-likeness (QED) is 0.500. The maximum Gasteiger partial charge on any atom is 0.105 e. The fraction of sp³-hybridized carbons (Fsp3) is 0.100. The molecule has 0 saturated carbocycles. The van der Waals surface area contributed by atoms with Crippen molar-refractivity contribution in [1.82, 2.24) is 0 Å². The molecule has 1 aliphatic rings. The summed E-state index contributed by atoms with van der Waals surface area (Å²) in [5.41, 5.74) is 6.63. The van der Waals surface area contributed by atoms with E-state index in [1.165, 1.54) is 22.3 Å². The highest BCUT2D eigenvalue weighted by molar-refractivity contribution is 6.35. The molecular formula is C20H14Cl2O. The normalized spacial score (nSPS) is 13.5. The van der Waals surface area contributed by atoms with Crippen LogP contribution < -0.4 is 0 Å². The Bertz CT molecular complexity index is 902. The summed E-state index contributed by atoms with van der Waals surface area (Å²) in [6.07, 6.45) is 0.147. The minimum absolute atomic E-state index is 0.480. The zero-order valence-electron chi connectivity index (χ0n) is 12.3. The molecule has 1 atom stereocenters. The van der Waals surface area contributed by atoms with Gasteiger partial charge in [0.25, 0.3) is 0 Å². The molecule has 1 nitrogen and oxygen atoms in total. The van der Waals surface area contributed by atoms with Crippen LogP contribution in [0.3, 0.4) is 0 Å². The van der Waals surface area contributed by atoms with Crippen molar-refractivity contribution in [3.8, 4) is 11.1 Å². The standard InChI is InChI=1S/C20H14Cl2O/c21-15-6-8-18(19(22)11-15)20(23)13-5-7-17-14(10-13)9-12-3-1-2-4-16(12)17/h1-8,10-11,20,23H,9H2. The van der Waals surface area contributed by atoms with E-state index in [4.69, 9.17) is 23.2 Å². The van der Waals surface area contributed by atoms with Crippen LogP contribution in [0.1, 0.15) is 28.4 Å². The van der Waals surface area contributed by atoms with E-state index in [0.29, 0.717) is 15.6 Å². The van der Waals surface area contributed by atoms with E-state index in [0.717, 1.165) is 12.0 Å². The second-order valence-electron chi connectivity index (χ2n) is 5.82. The van der Waals surface area contributed by atoms with Gasteiger partial charge in [-0.3, -0.25) is 0 Å². The van der Waals surface area contributed by atoms with Crippen LogP contribution in [0.25, 0.3) is 11.1 Å². The van der Waals surface area contributed by atoms with Gasteiger partial charge in [0.2, 0.25) is 0 Å². The molecule has 3 aromatic carbocycles. The highest BCUT2D eigenvalue weighted by Crippen LogP contribution is 2.39. The van der Waals surface area contributed by atoms with Gasteiger partial charge in [-0.25, -0.2) is 0 Å². The van der Waals surface area contributed by atoms with Gasteiger partial charge in [0.15, 0.2) is 0 Å². The Hall–Kier alpha value is -1.80. The molecule has 0 amide bonds. The van der Waals surface area contributed by atoms with Crippen LogP contribution in [-0.4, -0.2) is 5.11 Å². The molecular weight excluding hydrogens is 327 g/mol. The van der Waals surface area contributed by atoms with Gasteiger partial charge in [0.05, 0.1) is 0 Å². The predicted molar refractivity (Wildman–Crippen MR) is 95.2 cm³/mol. The number of aliphatic hydroxyl groups excluding tert-OH is 1. The smallest absolute Gasteiger partial charge is 0.105 e. The first kappa shape index (κ1) is 14.8. The van der Waals surface area contributed by atoms with Crippen molar-refractivity contribution in [2.24, 2.45) is 0 Å². The molecule has 0 radical (unpaired) electrons. The third kappa shape index (κ3) is 2.55. The van der Waals surface area contributed by atoms with Gasteiger partial charge in [-0.2, -0.15) is 0 Å². The Balaban J connectivity index is 1.73. The van der Waals surface area contributed by atoms with Crippen LogP contribution in [0.4, 0.5) is 0 Å². The van der Waals surface area contributed by atoms with Crippen molar-refractivity contribution < 1.29 is 5.11 Å². The van der Waals surface area contributed by atoms with Gasteiger partial charge in [-0.15, -0.1) is 0 Å². The molecule has 4 rings (SSSR count). The Labute approximate surface area is 145 Å². The van der Waals surface area contributed by atoms with E-state index in [1.54, 1.807) is 18.2 Å². The summed E-state index contributed by atoms with van der Waals surface area (Å²) in [4.78, 5) is 0. The van der Waals surface area contributed by atoms with Crippen LogP contribution in [-0.2, 0) is 6.42 Å². The summed E-state index contributed by atoms with van der Waals surface area (Å²) in [5.74, 6) is 0. The number of benzene rings is 3. The molecule has 0 fully saturated rings. The van der Waals surface area contributed by atoms with Gasteiger partial charge >= 0.3 is 0 Å². The van der Waals surface area contributed by atoms with Crippen molar-refractivity contribution in [1.29, 1.82) is 0 Å². The number of hydrogen-bond donors (Lipinski definition) is 1. The summed E-state index contributed by atoms with van der Waals surface area (Å²) in [7, 11) is 0. The highest BCUT2D eigenvalue weighted by atomic mass is 35.5.